The molecule has 0 bridgehead atoms. The number of hydrogen-bond donors (Lipinski definition) is 1. The fourth-order valence-electron chi connectivity index (χ4n) is 2.69. The van der Waals surface area contributed by atoms with Gasteiger partial charge in [-0.25, -0.2) is 0 Å². The van der Waals surface area contributed by atoms with Gasteiger partial charge in [0.15, 0.2) is 0 Å². The summed E-state index contributed by atoms with van der Waals surface area (Å²) in [5.74, 6) is 1.73. The molecule has 2 nitrogen and oxygen atoms in total. The Labute approximate surface area is 125 Å². The molecule has 3 heteroatoms. The lowest BCUT2D eigenvalue weighted by molar-refractivity contribution is 0.232. The van der Waals surface area contributed by atoms with E-state index in [1.54, 1.807) is 0 Å². The third-order valence-corrected chi connectivity index (χ3v) is 4.42. The average Bonchev–Trinajstić information content (AvgIpc) is 2.74. The van der Waals surface area contributed by atoms with Crippen molar-refractivity contribution in [1.29, 1.82) is 0 Å². The Bertz CT molecular complexity index is 451. The number of halogens is 1. The van der Waals surface area contributed by atoms with E-state index in [9.17, 15) is 0 Å². The Morgan fingerprint density at radius 3 is 2.74 bits per heavy atom. The van der Waals surface area contributed by atoms with Crippen LogP contribution >= 0.6 is 15.9 Å². The lowest BCUT2D eigenvalue weighted by Gasteiger charge is -2.31. The van der Waals surface area contributed by atoms with Crippen LogP contribution in [-0.2, 0) is 12.8 Å². The zero-order chi connectivity index (χ0) is 14.0. The summed E-state index contributed by atoms with van der Waals surface area (Å²) in [7, 11) is 2.03. The summed E-state index contributed by atoms with van der Waals surface area (Å²) in [6, 6.07) is 4.41. The number of benzene rings is 1. The van der Waals surface area contributed by atoms with Crippen molar-refractivity contribution in [2.24, 2.45) is 11.3 Å². The summed E-state index contributed by atoms with van der Waals surface area (Å²) in [6.45, 7) is 8.80. The highest BCUT2D eigenvalue weighted by atomic mass is 79.9. The van der Waals surface area contributed by atoms with Crippen molar-refractivity contribution in [3.63, 3.8) is 0 Å². The highest BCUT2D eigenvalue weighted by Gasteiger charge is 2.27. The van der Waals surface area contributed by atoms with E-state index in [-0.39, 0.29) is 5.41 Å². The van der Waals surface area contributed by atoms with Crippen LogP contribution in [0.15, 0.2) is 16.6 Å². The standard InChI is InChI=1S/C16H24BrNO/c1-16(2,3)13(10-18-4)7-12-9-14(17)8-11-5-6-19-15(11)12/h8-9,13,18H,5-7,10H2,1-4H3. The van der Waals surface area contributed by atoms with E-state index in [1.807, 2.05) is 7.05 Å². The van der Waals surface area contributed by atoms with Crippen molar-refractivity contribution in [2.45, 2.75) is 33.6 Å². The van der Waals surface area contributed by atoms with E-state index >= 15 is 0 Å². The van der Waals surface area contributed by atoms with E-state index in [1.165, 1.54) is 15.6 Å². The topological polar surface area (TPSA) is 21.3 Å². The minimum atomic E-state index is 0.289. The Balaban J connectivity index is 2.27. The van der Waals surface area contributed by atoms with Crippen LogP contribution in [0.5, 0.6) is 5.75 Å². The summed E-state index contributed by atoms with van der Waals surface area (Å²) >= 11 is 3.62. The molecule has 0 spiro atoms. The molecule has 1 aliphatic rings. The van der Waals surface area contributed by atoms with Gasteiger partial charge in [-0.1, -0.05) is 36.7 Å². The van der Waals surface area contributed by atoms with Gasteiger partial charge in [-0.05, 0) is 54.6 Å². The van der Waals surface area contributed by atoms with Crippen molar-refractivity contribution in [3.05, 3.63) is 27.7 Å². The molecule has 1 unspecified atom stereocenters. The molecule has 0 amide bonds. The van der Waals surface area contributed by atoms with Gasteiger partial charge in [0.1, 0.15) is 5.75 Å². The molecule has 1 aromatic carbocycles. The second-order valence-electron chi connectivity index (χ2n) is 6.48. The molecule has 1 heterocycles. The summed E-state index contributed by atoms with van der Waals surface area (Å²) in [5, 5.41) is 3.32. The maximum Gasteiger partial charge on any atom is 0.125 e. The first-order valence-corrected chi connectivity index (χ1v) is 7.80. The average molecular weight is 326 g/mol. The number of rotatable bonds is 4. The first-order chi connectivity index (χ1) is 8.91. The SMILES string of the molecule is CNCC(Cc1cc(Br)cc2c1OCC2)C(C)(C)C. The van der Waals surface area contributed by atoms with Gasteiger partial charge in [-0.15, -0.1) is 0 Å². The van der Waals surface area contributed by atoms with Crippen LogP contribution in [0.3, 0.4) is 0 Å². The maximum absolute atomic E-state index is 5.84. The monoisotopic (exact) mass is 325 g/mol. The second-order valence-corrected chi connectivity index (χ2v) is 7.39. The molecule has 1 N–H and O–H groups in total. The van der Waals surface area contributed by atoms with Crippen molar-refractivity contribution in [2.75, 3.05) is 20.2 Å². The molecule has 0 saturated heterocycles. The lowest BCUT2D eigenvalue weighted by atomic mass is 9.77. The second kappa shape index (κ2) is 5.84. The van der Waals surface area contributed by atoms with Crippen LogP contribution in [0.2, 0.25) is 0 Å². The largest absolute Gasteiger partial charge is 0.493 e. The van der Waals surface area contributed by atoms with Gasteiger partial charge >= 0.3 is 0 Å². The first-order valence-electron chi connectivity index (χ1n) is 7.00. The highest BCUT2D eigenvalue weighted by molar-refractivity contribution is 9.10. The zero-order valence-corrected chi connectivity index (χ0v) is 13.9. The summed E-state index contributed by atoms with van der Waals surface area (Å²) < 4.78 is 7.01. The minimum absolute atomic E-state index is 0.289. The fraction of sp³-hybridized carbons (Fsp3) is 0.625. The number of fused-ring (bicyclic) bond motifs is 1. The van der Waals surface area contributed by atoms with Gasteiger partial charge in [0, 0.05) is 10.9 Å². The molecule has 0 aliphatic carbocycles. The van der Waals surface area contributed by atoms with Gasteiger partial charge in [0.05, 0.1) is 6.61 Å². The number of nitrogens with one attached hydrogen (secondary N) is 1. The molecule has 1 aliphatic heterocycles. The molecule has 1 atom stereocenters. The fourth-order valence-corrected chi connectivity index (χ4v) is 3.25. The molecular weight excluding hydrogens is 302 g/mol. The molecule has 0 fully saturated rings. The Hall–Kier alpha value is -0.540. The lowest BCUT2D eigenvalue weighted by Crippen LogP contribution is -2.31. The van der Waals surface area contributed by atoms with E-state index in [2.05, 4.69) is 54.2 Å². The Morgan fingerprint density at radius 1 is 1.37 bits per heavy atom. The molecule has 0 radical (unpaired) electrons. The van der Waals surface area contributed by atoms with Gasteiger partial charge in [0.25, 0.3) is 0 Å². The smallest absolute Gasteiger partial charge is 0.125 e. The van der Waals surface area contributed by atoms with Crippen LogP contribution in [-0.4, -0.2) is 20.2 Å². The normalized spacial score (nSPS) is 16.1. The van der Waals surface area contributed by atoms with Crippen LogP contribution in [0.1, 0.15) is 31.9 Å². The molecule has 0 aromatic heterocycles. The summed E-state index contributed by atoms with van der Waals surface area (Å²) in [4.78, 5) is 0. The highest BCUT2D eigenvalue weighted by Crippen LogP contribution is 2.37. The predicted molar refractivity (Wildman–Crippen MR) is 83.9 cm³/mol. The van der Waals surface area contributed by atoms with Gasteiger partial charge in [0.2, 0.25) is 0 Å². The van der Waals surface area contributed by atoms with Gasteiger partial charge in [-0.2, -0.15) is 0 Å². The van der Waals surface area contributed by atoms with Crippen LogP contribution in [0, 0.1) is 11.3 Å². The summed E-state index contributed by atoms with van der Waals surface area (Å²) in [5.41, 5.74) is 2.98. The Morgan fingerprint density at radius 2 is 2.11 bits per heavy atom. The third-order valence-electron chi connectivity index (χ3n) is 3.97. The number of hydrogen-bond acceptors (Lipinski definition) is 2. The maximum atomic E-state index is 5.84. The van der Waals surface area contributed by atoms with E-state index in [0.717, 1.165) is 31.7 Å². The van der Waals surface area contributed by atoms with Gasteiger partial charge in [-0.3, -0.25) is 0 Å². The summed E-state index contributed by atoms with van der Waals surface area (Å²) in [6.07, 6.45) is 2.10. The van der Waals surface area contributed by atoms with Crippen molar-refractivity contribution in [1.82, 2.24) is 5.32 Å². The van der Waals surface area contributed by atoms with Crippen molar-refractivity contribution < 1.29 is 4.74 Å². The van der Waals surface area contributed by atoms with Crippen LogP contribution in [0.25, 0.3) is 0 Å². The quantitative estimate of drug-likeness (QED) is 0.908. The molecular formula is C16H24BrNO. The van der Waals surface area contributed by atoms with Crippen molar-refractivity contribution >= 4 is 15.9 Å². The van der Waals surface area contributed by atoms with Gasteiger partial charge < -0.3 is 10.1 Å². The van der Waals surface area contributed by atoms with E-state index in [4.69, 9.17) is 4.74 Å². The molecule has 0 saturated carbocycles. The van der Waals surface area contributed by atoms with Crippen LogP contribution in [0.4, 0.5) is 0 Å². The van der Waals surface area contributed by atoms with Crippen LogP contribution < -0.4 is 10.1 Å². The predicted octanol–water partition coefficient (Wildman–Crippen LogP) is 3.81. The van der Waals surface area contributed by atoms with E-state index in [0.29, 0.717) is 5.92 Å². The first kappa shape index (κ1) is 14.9. The number of ether oxygens (including phenoxy) is 1. The molecule has 106 valence electrons. The van der Waals surface area contributed by atoms with E-state index < -0.39 is 0 Å². The Kier molecular flexibility index (Phi) is 4.57. The zero-order valence-electron chi connectivity index (χ0n) is 12.3. The minimum Gasteiger partial charge on any atom is -0.493 e. The molecule has 19 heavy (non-hydrogen) atoms. The van der Waals surface area contributed by atoms with Crippen molar-refractivity contribution in [3.8, 4) is 5.75 Å². The molecule has 1 aromatic rings. The molecule has 2 rings (SSSR count). The third kappa shape index (κ3) is 3.51.